The number of aryl methyl sites for hydroxylation is 1. The smallest absolute Gasteiger partial charge is 0.229 e. The number of aliphatic imine (C=N–C) groups is 1. The van der Waals surface area contributed by atoms with Gasteiger partial charge in [0.25, 0.3) is 0 Å². The van der Waals surface area contributed by atoms with E-state index in [4.69, 9.17) is 5.73 Å². The van der Waals surface area contributed by atoms with Crippen molar-refractivity contribution in [3.05, 3.63) is 70.8 Å². The molecule has 1 aliphatic carbocycles. The quantitative estimate of drug-likeness (QED) is 0.862. The zero-order chi connectivity index (χ0) is 19.7. The molecular formula is C22H23F2N3O. The van der Waals surface area contributed by atoms with Crippen LogP contribution in [0, 0.1) is 11.6 Å². The molecule has 4 rings (SSSR count). The predicted molar refractivity (Wildman–Crippen MR) is 104 cm³/mol. The monoisotopic (exact) mass is 383 g/mol. The number of nitrogens with zero attached hydrogens (tertiary/aromatic N) is 2. The molecule has 28 heavy (non-hydrogen) atoms. The van der Waals surface area contributed by atoms with Gasteiger partial charge >= 0.3 is 0 Å². The third-order valence-electron chi connectivity index (χ3n) is 5.67. The van der Waals surface area contributed by atoms with Gasteiger partial charge in [-0.2, -0.15) is 0 Å². The topological polar surface area (TPSA) is 58.7 Å². The number of benzene rings is 2. The summed E-state index contributed by atoms with van der Waals surface area (Å²) in [5, 5.41) is 0. The molecule has 2 unspecified atom stereocenters. The van der Waals surface area contributed by atoms with Gasteiger partial charge in [-0.25, -0.2) is 8.78 Å². The Morgan fingerprint density at radius 2 is 1.96 bits per heavy atom. The number of hydrogen-bond donors (Lipinski definition) is 1. The van der Waals surface area contributed by atoms with Crippen LogP contribution in [0.5, 0.6) is 0 Å². The van der Waals surface area contributed by atoms with Gasteiger partial charge in [0.05, 0.1) is 6.54 Å². The first-order chi connectivity index (χ1) is 13.5. The van der Waals surface area contributed by atoms with Crippen molar-refractivity contribution in [2.45, 2.75) is 37.6 Å². The fourth-order valence-corrected chi connectivity index (χ4v) is 4.22. The Bertz CT molecular complexity index is 913. The van der Waals surface area contributed by atoms with Crippen LogP contribution in [0.15, 0.2) is 47.5 Å². The van der Waals surface area contributed by atoms with Crippen LogP contribution < -0.4 is 5.73 Å². The van der Waals surface area contributed by atoms with E-state index in [1.165, 1.54) is 12.1 Å². The van der Waals surface area contributed by atoms with E-state index >= 15 is 0 Å². The highest BCUT2D eigenvalue weighted by molar-refractivity contribution is 6.00. The molecule has 0 bridgehead atoms. The van der Waals surface area contributed by atoms with Crippen LogP contribution in [-0.2, 0) is 17.6 Å². The van der Waals surface area contributed by atoms with Crippen molar-refractivity contribution in [2.24, 2.45) is 10.7 Å². The summed E-state index contributed by atoms with van der Waals surface area (Å²) in [6, 6.07) is 12.0. The Morgan fingerprint density at radius 1 is 1.21 bits per heavy atom. The Kier molecular flexibility index (Phi) is 5.22. The van der Waals surface area contributed by atoms with Crippen molar-refractivity contribution in [2.75, 3.05) is 13.1 Å². The maximum absolute atomic E-state index is 13.7. The molecule has 146 valence electrons. The standard InChI is InChI=1S/C22H23F2N3O/c23-18-11-15-6-7-16(17(15)12-19(18)24)20(25)13-22(28)27-9-8-26-21(27)10-14-4-2-1-3-5-14/h1-5,11-12,16,20H,6-10,13,25H2. The molecule has 1 amide bonds. The number of hydrogen-bond acceptors (Lipinski definition) is 3. The molecule has 6 heteroatoms. The van der Waals surface area contributed by atoms with Gasteiger partial charge in [-0.05, 0) is 41.7 Å². The summed E-state index contributed by atoms with van der Waals surface area (Å²) in [5.41, 5.74) is 8.98. The lowest BCUT2D eigenvalue weighted by Gasteiger charge is -2.24. The maximum atomic E-state index is 13.7. The van der Waals surface area contributed by atoms with Crippen LogP contribution in [0.2, 0.25) is 0 Å². The van der Waals surface area contributed by atoms with Crippen LogP contribution >= 0.6 is 0 Å². The zero-order valence-corrected chi connectivity index (χ0v) is 15.6. The number of nitrogens with two attached hydrogens (primary N) is 1. The second kappa shape index (κ2) is 7.80. The minimum Gasteiger partial charge on any atom is -0.327 e. The van der Waals surface area contributed by atoms with Gasteiger partial charge in [0, 0.05) is 31.3 Å². The number of amides is 1. The number of fused-ring (bicyclic) bond motifs is 1. The van der Waals surface area contributed by atoms with E-state index in [-0.39, 0.29) is 18.2 Å². The molecule has 2 atom stereocenters. The summed E-state index contributed by atoms with van der Waals surface area (Å²) >= 11 is 0. The largest absolute Gasteiger partial charge is 0.327 e. The first-order valence-corrected chi connectivity index (χ1v) is 9.64. The van der Waals surface area contributed by atoms with Gasteiger partial charge in [0.2, 0.25) is 5.91 Å². The van der Waals surface area contributed by atoms with Crippen LogP contribution in [0.4, 0.5) is 8.78 Å². The molecule has 2 aromatic carbocycles. The highest BCUT2D eigenvalue weighted by Gasteiger charge is 2.32. The van der Waals surface area contributed by atoms with Gasteiger partial charge in [-0.15, -0.1) is 0 Å². The van der Waals surface area contributed by atoms with Crippen LogP contribution in [0.25, 0.3) is 0 Å². The first kappa shape index (κ1) is 18.7. The Hall–Kier alpha value is -2.60. The van der Waals surface area contributed by atoms with Gasteiger partial charge < -0.3 is 5.73 Å². The molecule has 0 saturated carbocycles. The Balaban J connectivity index is 1.43. The minimum atomic E-state index is -0.860. The molecule has 4 nitrogen and oxygen atoms in total. The number of carbonyl (C=O) groups excluding carboxylic acids is 1. The Labute approximate surface area is 163 Å². The molecule has 1 heterocycles. The van der Waals surface area contributed by atoms with E-state index in [9.17, 15) is 13.6 Å². The van der Waals surface area contributed by atoms with Gasteiger partial charge in [0.15, 0.2) is 11.6 Å². The van der Waals surface area contributed by atoms with Crippen molar-refractivity contribution in [3.8, 4) is 0 Å². The summed E-state index contributed by atoms with van der Waals surface area (Å²) in [6.07, 6.45) is 2.14. The second-order valence-electron chi connectivity index (χ2n) is 7.48. The van der Waals surface area contributed by atoms with Gasteiger partial charge in [-0.3, -0.25) is 14.7 Å². The minimum absolute atomic E-state index is 0.0595. The van der Waals surface area contributed by atoms with E-state index < -0.39 is 17.7 Å². The van der Waals surface area contributed by atoms with Crippen LogP contribution in [-0.4, -0.2) is 35.8 Å². The molecule has 2 N–H and O–H groups in total. The maximum Gasteiger partial charge on any atom is 0.229 e. The lowest BCUT2D eigenvalue weighted by Crippen LogP contribution is -2.40. The highest BCUT2D eigenvalue weighted by Crippen LogP contribution is 2.37. The zero-order valence-electron chi connectivity index (χ0n) is 15.6. The van der Waals surface area contributed by atoms with Crippen molar-refractivity contribution in [1.82, 2.24) is 4.90 Å². The molecule has 0 saturated heterocycles. The lowest BCUT2D eigenvalue weighted by molar-refractivity contribution is -0.127. The number of rotatable bonds is 5. The third-order valence-corrected chi connectivity index (χ3v) is 5.67. The predicted octanol–water partition coefficient (Wildman–Crippen LogP) is 3.20. The molecule has 0 aromatic heterocycles. The third kappa shape index (κ3) is 3.69. The summed E-state index contributed by atoms with van der Waals surface area (Å²) in [4.78, 5) is 19.1. The van der Waals surface area contributed by atoms with E-state index in [0.717, 1.165) is 22.5 Å². The van der Waals surface area contributed by atoms with E-state index in [0.29, 0.717) is 32.4 Å². The summed E-state index contributed by atoms with van der Waals surface area (Å²) in [7, 11) is 0. The molecule has 1 aliphatic heterocycles. The molecule has 2 aromatic rings. The summed E-state index contributed by atoms with van der Waals surface area (Å²) in [5.74, 6) is -1.12. The lowest BCUT2D eigenvalue weighted by atomic mass is 9.91. The molecule has 0 radical (unpaired) electrons. The molecule has 2 aliphatic rings. The Morgan fingerprint density at radius 3 is 2.75 bits per heavy atom. The van der Waals surface area contributed by atoms with Gasteiger partial charge in [-0.1, -0.05) is 30.3 Å². The SMILES string of the molecule is NC(CC(=O)N1CCN=C1Cc1ccccc1)C1CCc2cc(F)c(F)cc21. The van der Waals surface area contributed by atoms with E-state index in [2.05, 4.69) is 4.99 Å². The van der Waals surface area contributed by atoms with Crippen LogP contribution in [0.1, 0.15) is 35.4 Å². The normalized spacial score (nSPS) is 19.5. The number of halogens is 2. The molecule has 0 spiro atoms. The average Bonchev–Trinajstić information content (AvgIpc) is 3.30. The summed E-state index contributed by atoms with van der Waals surface area (Å²) in [6.45, 7) is 1.16. The van der Waals surface area contributed by atoms with E-state index in [1.54, 1.807) is 4.90 Å². The van der Waals surface area contributed by atoms with Crippen molar-refractivity contribution >= 4 is 11.7 Å². The summed E-state index contributed by atoms with van der Waals surface area (Å²) < 4.78 is 27.1. The van der Waals surface area contributed by atoms with Crippen molar-refractivity contribution in [3.63, 3.8) is 0 Å². The van der Waals surface area contributed by atoms with Crippen molar-refractivity contribution in [1.29, 1.82) is 0 Å². The van der Waals surface area contributed by atoms with E-state index in [1.807, 2.05) is 30.3 Å². The van der Waals surface area contributed by atoms with Gasteiger partial charge in [0.1, 0.15) is 5.84 Å². The molecule has 0 fully saturated rings. The number of amidine groups is 1. The second-order valence-corrected chi connectivity index (χ2v) is 7.48. The molecular weight excluding hydrogens is 360 g/mol. The highest BCUT2D eigenvalue weighted by atomic mass is 19.2. The average molecular weight is 383 g/mol. The van der Waals surface area contributed by atoms with Crippen molar-refractivity contribution < 1.29 is 13.6 Å². The van der Waals surface area contributed by atoms with Crippen LogP contribution in [0.3, 0.4) is 0 Å². The fourth-order valence-electron chi connectivity index (χ4n) is 4.22. The number of carbonyl (C=O) groups is 1. The fraction of sp³-hybridized carbons (Fsp3) is 0.364. The first-order valence-electron chi connectivity index (χ1n) is 9.64.